The van der Waals surface area contributed by atoms with Gasteiger partial charge in [-0.3, -0.25) is 14.6 Å². The Morgan fingerprint density at radius 2 is 1.91 bits per heavy atom. The number of thiazole rings is 1. The first-order valence-electron chi connectivity index (χ1n) is 11.0. The van der Waals surface area contributed by atoms with Gasteiger partial charge < -0.3 is 15.0 Å². The van der Waals surface area contributed by atoms with Gasteiger partial charge in [0.25, 0.3) is 11.8 Å². The standard InChI is InChI=1S/C25H23N5O3S/c1-33-22-13-20(28-19-7-3-2-6-18(19)22)25(32)30-11-8-16(9-12-30)24-29-21(15-34-24)23(31)27-17-5-4-10-26-14-17/h2-7,10,13-16H,8-9,11-12H2,1H3,(H,27,31). The highest BCUT2D eigenvalue weighted by Gasteiger charge is 2.28. The molecule has 0 saturated carbocycles. The molecular formula is C25H23N5O3S. The predicted molar refractivity (Wildman–Crippen MR) is 130 cm³/mol. The Kier molecular flexibility index (Phi) is 6.18. The van der Waals surface area contributed by atoms with Gasteiger partial charge in [-0.05, 0) is 37.1 Å². The molecule has 0 radical (unpaired) electrons. The zero-order chi connectivity index (χ0) is 23.5. The highest BCUT2D eigenvalue weighted by atomic mass is 32.1. The summed E-state index contributed by atoms with van der Waals surface area (Å²) < 4.78 is 5.49. The van der Waals surface area contributed by atoms with Crippen molar-refractivity contribution in [2.45, 2.75) is 18.8 Å². The number of amides is 2. The Bertz CT molecular complexity index is 1330. The van der Waals surface area contributed by atoms with Gasteiger partial charge in [0.1, 0.15) is 17.1 Å². The molecule has 5 rings (SSSR count). The van der Waals surface area contributed by atoms with Crippen molar-refractivity contribution < 1.29 is 14.3 Å². The lowest BCUT2D eigenvalue weighted by molar-refractivity contribution is 0.0707. The van der Waals surface area contributed by atoms with E-state index >= 15 is 0 Å². The number of nitrogens with zero attached hydrogens (tertiary/aromatic N) is 4. The SMILES string of the molecule is COc1cc(C(=O)N2CCC(c3nc(C(=O)Nc4cccnc4)cs3)CC2)nc2ccccc12. The second kappa shape index (κ2) is 9.56. The quantitative estimate of drug-likeness (QED) is 0.462. The minimum Gasteiger partial charge on any atom is -0.496 e. The van der Waals surface area contributed by atoms with E-state index in [1.54, 1.807) is 43.1 Å². The zero-order valence-electron chi connectivity index (χ0n) is 18.6. The number of benzene rings is 1. The Labute approximate surface area is 200 Å². The fourth-order valence-electron chi connectivity index (χ4n) is 4.12. The maximum atomic E-state index is 13.2. The molecular weight excluding hydrogens is 450 g/mol. The monoisotopic (exact) mass is 473 g/mol. The van der Waals surface area contributed by atoms with Crippen LogP contribution >= 0.6 is 11.3 Å². The zero-order valence-corrected chi connectivity index (χ0v) is 19.4. The van der Waals surface area contributed by atoms with E-state index in [2.05, 4.69) is 20.3 Å². The van der Waals surface area contributed by atoms with Crippen molar-refractivity contribution in [3.63, 3.8) is 0 Å². The van der Waals surface area contributed by atoms with Crippen molar-refractivity contribution in [3.05, 3.63) is 76.6 Å². The average Bonchev–Trinajstić information content (AvgIpc) is 3.39. The summed E-state index contributed by atoms with van der Waals surface area (Å²) in [7, 11) is 1.60. The van der Waals surface area contributed by atoms with E-state index in [9.17, 15) is 9.59 Å². The molecule has 0 bridgehead atoms. The van der Waals surface area contributed by atoms with Crippen molar-refractivity contribution >= 4 is 39.7 Å². The summed E-state index contributed by atoms with van der Waals surface area (Å²) in [5.74, 6) is 0.509. The molecule has 8 nitrogen and oxygen atoms in total. The van der Waals surface area contributed by atoms with Crippen LogP contribution in [0.15, 0.2) is 60.2 Å². The van der Waals surface area contributed by atoms with E-state index < -0.39 is 0 Å². The maximum Gasteiger partial charge on any atom is 0.275 e. The van der Waals surface area contributed by atoms with E-state index in [1.807, 2.05) is 29.2 Å². The minimum absolute atomic E-state index is 0.0989. The molecule has 1 aliphatic heterocycles. The number of anilines is 1. The number of hydrogen-bond acceptors (Lipinski definition) is 7. The van der Waals surface area contributed by atoms with Crippen LogP contribution in [0.4, 0.5) is 5.69 Å². The van der Waals surface area contributed by atoms with Crippen molar-refractivity contribution in [2.24, 2.45) is 0 Å². The molecule has 9 heteroatoms. The van der Waals surface area contributed by atoms with Gasteiger partial charge in [0.05, 0.1) is 29.5 Å². The van der Waals surface area contributed by atoms with Crippen LogP contribution in [0.1, 0.15) is 44.7 Å². The van der Waals surface area contributed by atoms with Gasteiger partial charge in [-0.1, -0.05) is 12.1 Å². The number of hydrogen-bond donors (Lipinski definition) is 1. The molecule has 0 atom stereocenters. The number of nitrogens with one attached hydrogen (secondary N) is 1. The molecule has 34 heavy (non-hydrogen) atoms. The van der Waals surface area contributed by atoms with Crippen molar-refractivity contribution in [1.29, 1.82) is 0 Å². The van der Waals surface area contributed by atoms with E-state index in [0.717, 1.165) is 28.8 Å². The first-order chi connectivity index (χ1) is 16.6. The Hall–Kier alpha value is -3.85. The number of aromatic nitrogens is 3. The van der Waals surface area contributed by atoms with Crippen LogP contribution in [-0.4, -0.2) is 51.9 Å². The van der Waals surface area contributed by atoms with Gasteiger partial charge in [0.15, 0.2) is 0 Å². The van der Waals surface area contributed by atoms with E-state index in [-0.39, 0.29) is 17.7 Å². The molecule has 1 fully saturated rings. The van der Waals surface area contributed by atoms with Crippen molar-refractivity contribution in [3.8, 4) is 5.75 Å². The summed E-state index contributed by atoms with van der Waals surface area (Å²) in [6, 6.07) is 12.9. The number of carbonyl (C=O) groups is 2. The van der Waals surface area contributed by atoms with Crippen LogP contribution < -0.4 is 10.1 Å². The average molecular weight is 474 g/mol. The maximum absolute atomic E-state index is 13.2. The minimum atomic E-state index is -0.251. The number of ether oxygens (including phenoxy) is 1. The largest absolute Gasteiger partial charge is 0.496 e. The van der Waals surface area contributed by atoms with Crippen molar-refractivity contribution in [1.82, 2.24) is 19.9 Å². The number of piperidine rings is 1. The van der Waals surface area contributed by atoms with Crippen LogP contribution in [-0.2, 0) is 0 Å². The van der Waals surface area contributed by atoms with Gasteiger partial charge in [0, 0.05) is 42.0 Å². The number of fused-ring (bicyclic) bond motifs is 1. The van der Waals surface area contributed by atoms with Crippen molar-refractivity contribution in [2.75, 3.05) is 25.5 Å². The number of para-hydroxylation sites is 1. The van der Waals surface area contributed by atoms with Gasteiger partial charge >= 0.3 is 0 Å². The molecule has 3 aromatic heterocycles. The fourth-order valence-corrected chi connectivity index (χ4v) is 5.10. The van der Waals surface area contributed by atoms with Crippen LogP contribution in [0, 0.1) is 0 Å². The van der Waals surface area contributed by atoms with Gasteiger partial charge in [-0.15, -0.1) is 11.3 Å². The summed E-state index contributed by atoms with van der Waals surface area (Å²) in [6.07, 6.45) is 4.82. The topological polar surface area (TPSA) is 97.3 Å². The highest BCUT2D eigenvalue weighted by Crippen LogP contribution is 2.32. The smallest absolute Gasteiger partial charge is 0.275 e. The van der Waals surface area contributed by atoms with Gasteiger partial charge in [0.2, 0.25) is 0 Å². The molecule has 1 aliphatic rings. The molecule has 0 unspecified atom stereocenters. The lowest BCUT2D eigenvalue weighted by Gasteiger charge is -2.31. The summed E-state index contributed by atoms with van der Waals surface area (Å²) >= 11 is 1.49. The lowest BCUT2D eigenvalue weighted by atomic mass is 9.97. The molecule has 1 aromatic carbocycles. The molecule has 1 N–H and O–H groups in total. The third-order valence-corrected chi connectivity index (χ3v) is 6.93. The second-order valence-electron chi connectivity index (χ2n) is 8.06. The Morgan fingerprint density at radius 3 is 2.68 bits per heavy atom. The third kappa shape index (κ3) is 4.47. The van der Waals surface area contributed by atoms with E-state index in [1.165, 1.54) is 11.3 Å². The Morgan fingerprint density at radius 1 is 1.09 bits per heavy atom. The first-order valence-corrected chi connectivity index (χ1v) is 11.9. The number of carbonyl (C=O) groups excluding carboxylic acids is 2. The van der Waals surface area contributed by atoms with Crippen LogP contribution in [0.25, 0.3) is 10.9 Å². The van der Waals surface area contributed by atoms with E-state index in [4.69, 9.17) is 4.74 Å². The number of pyridine rings is 2. The molecule has 1 saturated heterocycles. The second-order valence-corrected chi connectivity index (χ2v) is 8.95. The molecule has 4 heterocycles. The molecule has 172 valence electrons. The number of methoxy groups -OCH3 is 1. The highest BCUT2D eigenvalue weighted by molar-refractivity contribution is 7.10. The van der Waals surface area contributed by atoms with E-state index in [0.29, 0.717) is 35.9 Å². The summed E-state index contributed by atoms with van der Waals surface area (Å²) in [4.78, 5) is 40.6. The lowest BCUT2D eigenvalue weighted by Crippen LogP contribution is -2.38. The fraction of sp³-hybridized carbons (Fsp3) is 0.240. The molecule has 4 aromatic rings. The van der Waals surface area contributed by atoms with Gasteiger partial charge in [-0.2, -0.15) is 0 Å². The normalized spacial score (nSPS) is 14.2. The summed E-state index contributed by atoms with van der Waals surface area (Å²) in [6.45, 7) is 1.22. The molecule has 2 amide bonds. The summed E-state index contributed by atoms with van der Waals surface area (Å²) in [5, 5.41) is 6.40. The summed E-state index contributed by atoms with van der Waals surface area (Å²) in [5.41, 5.74) is 2.15. The van der Waals surface area contributed by atoms with Crippen LogP contribution in [0.5, 0.6) is 5.75 Å². The van der Waals surface area contributed by atoms with Crippen LogP contribution in [0.2, 0.25) is 0 Å². The number of likely N-dealkylation sites (tertiary alicyclic amines) is 1. The molecule has 0 spiro atoms. The van der Waals surface area contributed by atoms with Crippen LogP contribution in [0.3, 0.4) is 0 Å². The Balaban J connectivity index is 1.23. The number of rotatable bonds is 5. The third-order valence-electron chi connectivity index (χ3n) is 5.92. The predicted octanol–water partition coefficient (Wildman–Crippen LogP) is 4.37. The van der Waals surface area contributed by atoms with Gasteiger partial charge in [-0.25, -0.2) is 9.97 Å². The molecule has 0 aliphatic carbocycles. The first kappa shape index (κ1) is 22.0.